The molecule has 0 spiro atoms. The first-order chi connectivity index (χ1) is 6.20. The lowest BCUT2D eigenvalue weighted by molar-refractivity contribution is -0.151. The predicted molar refractivity (Wildman–Crippen MR) is 40.2 cm³/mol. The van der Waals surface area contributed by atoms with Crippen LogP contribution in [0.4, 0.5) is 4.79 Å². The standard InChI is InChI=1S/C7H8N3O3/c11-5-1-2-6(12)10(5)9-4-3-8-7(9)13/h1-4H2. The molecule has 0 saturated carbocycles. The molecule has 2 rings (SSSR count). The predicted octanol–water partition coefficient (Wildman–Crippen LogP) is -0.910. The summed E-state index contributed by atoms with van der Waals surface area (Å²) in [4.78, 5) is 33.4. The molecule has 2 saturated heterocycles. The first-order valence-corrected chi connectivity index (χ1v) is 4.05. The van der Waals surface area contributed by atoms with Crippen molar-refractivity contribution in [3.8, 4) is 0 Å². The fourth-order valence-electron chi connectivity index (χ4n) is 1.44. The zero-order chi connectivity index (χ0) is 9.42. The van der Waals surface area contributed by atoms with Gasteiger partial charge in [0.2, 0.25) is 11.8 Å². The van der Waals surface area contributed by atoms with E-state index in [0.29, 0.717) is 13.1 Å². The van der Waals surface area contributed by atoms with Gasteiger partial charge in [0.05, 0.1) is 13.1 Å². The maximum atomic E-state index is 11.2. The number of rotatable bonds is 1. The molecule has 69 valence electrons. The molecule has 6 nitrogen and oxygen atoms in total. The molecule has 4 amide bonds. The second-order valence-corrected chi connectivity index (χ2v) is 2.89. The Kier molecular flexibility index (Phi) is 1.68. The summed E-state index contributed by atoms with van der Waals surface area (Å²) in [6.07, 6.45) is 0.394. The zero-order valence-electron chi connectivity index (χ0n) is 6.89. The maximum Gasteiger partial charge on any atom is 0.358 e. The van der Waals surface area contributed by atoms with Gasteiger partial charge in [0.15, 0.2) is 0 Å². The van der Waals surface area contributed by atoms with Crippen LogP contribution in [-0.4, -0.2) is 41.0 Å². The highest BCUT2D eigenvalue weighted by molar-refractivity contribution is 6.03. The smallest absolute Gasteiger partial charge is 0.273 e. The Hall–Kier alpha value is -1.59. The van der Waals surface area contributed by atoms with Crippen LogP contribution in [-0.2, 0) is 9.59 Å². The molecule has 0 aromatic heterocycles. The Morgan fingerprint density at radius 3 is 2.15 bits per heavy atom. The van der Waals surface area contributed by atoms with Crippen LogP contribution in [0, 0.1) is 0 Å². The summed E-state index contributed by atoms with van der Waals surface area (Å²) in [6.45, 7) is 0.687. The van der Waals surface area contributed by atoms with Crippen LogP contribution >= 0.6 is 0 Å². The molecule has 0 unspecified atom stereocenters. The lowest BCUT2D eigenvalue weighted by Gasteiger charge is -2.23. The summed E-state index contributed by atoms with van der Waals surface area (Å²) in [6, 6.07) is -0.497. The topological polar surface area (TPSA) is 71.8 Å². The third kappa shape index (κ3) is 1.14. The fraction of sp³-hybridized carbons (Fsp3) is 0.571. The Bertz CT molecular complexity index is 273. The number of hydrogen-bond acceptors (Lipinski definition) is 3. The normalized spacial score (nSPS) is 22.9. The van der Waals surface area contributed by atoms with E-state index in [1.807, 2.05) is 0 Å². The molecule has 13 heavy (non-hydrogen) atoms. The van der Waals surface area contributed by atoms with E-state index in [4.69, 9.17) is 0 Å². The average Bonchev–Trinajstić information content (AvgIpc) is 2.60. The summed E-state index contributed by atoms with van der Waals surface area (Å²) >= 11 is 0. The molecule has 2 heterocycles. The average molecular weight is 182 g/mol. The van der Waals surface area contributed by atoms with Gasteiger partial charge in [-0.2, -0.15) is 5.01 Å². The van der Waals surface area contributed by atoms with Crippen LogP contribution < -0.4 is 5.32 Å². The van der Waals surface area contributed by atoms with Gasteiger partial charge in [-0.1, -0.05) is 0 Å². The number of amides is 4. The molecule has 0 N–H and O–H groups in total. The SMILES string of the molecule is O=C1[N]CCN1N1C(=O)CCC1=O. The van der Waals surface area contributed by atoms with Gasteiger partial charge in [0.25, 0.3) is 0 Å². The number of carbonyl (C=O) groups is 3. The first-order valence-electron chi connectivity index (χ1n) is 4.05. The van der Waals surface area contributed by atoms with E-state index >= 15 is 0 Å². The highest BCUT2D eigenvalue weighted by atomic mass is 16.2. The number of nitrogens with zero attached hydrogens (tertiary/aromatic N) is 3. The summed E-state index contributed by atoms with van der Waals surface area (Å²) in [5.74, 6) is -0.620. The van der Waals surface area contributed by atoms with Gasteiger partial charge in [-0.15, -0.1) is 0 Å². The van der Waals surface area contributed by atoms with Crippen LogP contribution in [0.25, 0.3) is 0 Å². The van der Waals surface area contributed by atoms with Crippen molar-refractivity contribution in [3.05, 3.63) is 0 Å². The van der Waals surface area contributed by atoms with Gasteiger partial charge in [0.1, 0.15) is 0 Å². The van der Waals surface area contributed by atoms with Crippen molar-refractivity contribution in [1.29, 1.82) is 0 Å². The number of hydrogen-bond donors (Lipinski definition) is 0. The van der Waals surface area contributed by atoms with E-state index in [9.17, 15) is 14.4 Å². The summed E-state index contributed by atoms with van der Waals surface area (Å²) in [7, 11) is 0. The third-order valence-electron chi connectivity index (χ3n) is 2.05. The van der Waals surface area contributed by atoms with Crippen LogP contribution in [0.5, 0.6) is 0 Å². The van der Waals surface area contributed by atoms with Gasteiger partial charge in [-0.05, 0) is 0 Å². The second-order valence-electron chi connectivity index (χ2n) is 2.89. The quantitative estimate of drug-likeness (QED) is 0.493. The molecule has 0 aromatic carbocycles. The molecule has 0 atom stereocenters. The van der Waals surface area contributed by atoms with Crippen molar-refractivity contribution >= 4 is 17.8 Å². The third-order valence-corrected chi connectivity index (χ3v) is 2.05. The molecule has 2 fully saturated rings. The lowest BCUT2D eigenvalue weighted by Crippen LogP contribution is -2.46. The van der Waals surface area contributed by atoms with E-state index < -0.39 is 6.03 Å². The first kappa shape index (κ1) is 8.03. The molecule has 2 aliphatic heterocycles. The van der Waals surface area contributed by atoms with Crippen molar-refractivity contribution in [3.63, 3.8) is 0 Å². The maximum absolute atomic E-state index is 11.2. The minimum absolute atomic E-state index is 0.197. The van der Waals surface area contributed by atoms with Gasteiger partial charge in [-0.3, -0.25) is 9.59 Å². The van der Waals surface area contributed by atoms with Gasteiger partial charge < -0.3 is 0 Å². The van der Waals surface area contributed by atoms with E-state index in [-0.39, 0.29) is 24.7 Å². The van der Waals surface area contributed by atoms with Crippen molar-refractivity contribution in [1.82, 2.24) is 15.3 Å². The fourth-order valence-corrected chi connectivity index (χ4v) is 1.44. The van der Waals surface area contributed by atoms with Crippen LogP contribution in [0.15, 0.2) is 0 Å². The highest BCUT2D eigenvalue weighted by Crippen LogP contribution is 2.16. The van der Waals surface area contributed by atoms with Crippen molar-refractivity contribution in [2.45, 2.75) is 12.8 Å². The summed E-state index contributed by atoms with van der Waals surface area (Å²) in [5.41, 5.74) is 0. The summed E-state index contributed by atoms with van der Waals surface area (Å²) < 4.78 is 0. The number of carbonyl (C=O) groups excluding carboxylic acids is 3. The van der Waals surface area contributed by atoms with Gasteiger partial charge in [-0.25, -0.2) is 15.1 Å². The van der Waals surface area contributed by atoms with Gasteiger partial charge in [0, 0.05) is 12.8 Å². The molecule has 0 aromatic rings. The minimum Gasteiger partial charge on any atom is -0.273 e. The summed E-state index contributed by atoms with van der Waals surface area (Å²) in [5, 5.41) is 5.60. The lowest BCUT2D eigenvalue weighted by atomic mass is 10.4. The molecule has 0 aliphatic carbocycles. The Labute approximate surface area is 74.4 Å². The Balaban J connectivity index is 2.19. The van der Waals surface area contributed by atoms with E-state index in [1.165, 1.54) is 0 Å². The minimum atomic E-state index is -0.497. The van der Waals surface area contributed by atoms with E-state index in [2.05, 4.69) is 5.32 Å². The Morgan fingerprint density at radius 1 is 1.08 bits per heavy atom. The molecule has 1 radical (unpaired) electrons. The van der Waals surface area contributed by atoms with Crippen molar-refractivity contribution in [2.75, 3.05) is 13.1 Å². The van der Waals surface area contributed by atoms with Crippen LogP contribution in [0.1, 0.15) is 12.8 Å². The zero-order valence-corrected chi connectivity index (χ0v) is 6.89. The Morgan fingerprint density at radius 2 is 1.69 bits per heavy atom. The number of urea groups is 1. The second kappa shape index (κ2) is 2.72. The van der Waals surface area contributed by atoms with Crippen molar-refractivity contribution in [2.24, 2.45) is 0 Å². The molecule has 2 aliphatic rings. The molecule has 6 heteroatoms. The monoisotopic (exact) mass is 182 g/mol. The molecular formula is C7H8N3O3. The molecular weight excluding hydrogens is 174 g/mol. The van der Waals surface area contributed by atoms with Crippen molar-refractivity contribution < 1.29 is 14.4 Å². The largest absolute Gasteiger partial charge is 0.358 e. The van der Waals surface area contributed by atoms with Crippen LogP contribution in [0.3, 0.4) is 0 Å². The highest BCUT2D eigenvalue weighted by Gasteiger charge is 2.39. The van der Waals surface area contributed by atoms with E-state index in [1.54, 1.807) is 0 Å². The van der Waals surface area contributed by atoms with E-state index in [0.717, 1.165) is 10.0 Å². The number of imide groups is 1. The van der Waals surface area contributed by atoms with Gasteiger partial charge >= 0.3 is 6.03 Å². The molecule has 0 bridgehead atoms. The number of hydrazine groups is 1. The van der Waals surface area contributed by atoms with Crippen LogP contribution in [0.2, 0.25) is 0 Å².